The lowest BCUT2D eigenvalue weighted by atomic mass is 9.88. The first-order chi connectivity index (χ1) is 7.29. The highest BCUT2D eigenvalue weighted by Gasteiger charge is 2.30. The molecule has 0 saturated heterocycles. The fraction of sp³-hybridized carbons (Fsp3) is 0.667. The van der Waals surface area contributed by atoms with Gasteiger partial charge in [-0.25, -0.2) is 0 Å². The van der Waals surface area contributed by atoms with Gasteiger partial charge in [-0.05, 0) is 38.8 Å². The van der Waals surface area contributed by atoms with Crippen LogP contribution in [-0.2, 0) is 4.74 Å². The minimum Gasteiger partial charge on any atom is -0.468 e. The monoisotopic (exact) mass is 209 g/mol. The van der Waals surface area contributed by atoms with Crippen molar-refractivity contribution in [3.8, 4) is 0 Å². The Balaban J connectivity index is 1.71. The number of ether oxygens (including phenoxy) is 1. The van der Waals surface area contributed by atoms with Crippen LogP contribution in [0.15, 0.2) is 22.8 Å². The summed E-state index contributed by atoms with van der Waals surface area (Å²) in [4.78, 5) is 0. The van der Waals surface area contributed by atoms with Gasteiger partial charge in [-0.3, -0.25) is 0 Å². The van der Waals surface area contributed by atoms with Gasteiger partial charge in [0, 0.05) is 12.6 Å². The lowest BCUT2D eigenvalue weighted by Gasteiger charge is -2.37. The SMILES string of the molecule is CCOC1CC(N[C@@H](C)c2ccco2)C1. The molecule has 0 radical (unpaired) electrons. The van der Waals surface area contributed by atoms with Crippen molar-refractivity contribution in [3.05, 3.63) is 24.2 Å². The first-order valence-electron chi connectivity index (χ1n) is 5.70. The van der Waals surface area contributed by atoms with Gasteiger partial charge in [-0.1, -0.05) is 0 Å². The third kappa shape index (κ3) is 2.61. The second-order valence-corrected chi connectivity index (χ2v) is 4.15. The molecular weight excluding hydrogens is 190 g/mol. The lowest BCUT2D eigenvalue weighted by molar-refractivity contribution is -0.0125. The summed E-state index contributed by atoms with van der Waals surface area (Å²) in [5.74, 6) is 1.01. The van der Waals surface area contributed by atoms with E-state index in [9.17, 15) is 0 Å². The largest absolute Gasteiger partial charge is 0.468 e. The van der Waals surface area contributed by atoms with Gasteiger partial charge >= 0.3 is 0 Å². The van der Waals surface area contributed by atoms with Crippen LogP contribution in [0.2, 0.25) is 0 Å². The maximum atomic E-state index is 5.52. The molecule has 1 saturated carbocycles. The summed E-state index contributed by atoms with van der Waals surface area (Å²) in [6.07, 6.45) is 4.44. The fourth-order valence-corrected chi connectivity index (χ4v) is 2.05. The molecule has 3 heteroatoms. The molecule has 0 amide bonds. The molecule has 1 atom stereocenters. The van der Waals surface area contributed by atoms with Crippen LogP contribution in [0.5, 0.6) is 0 Å². The van der Waals surface area contributed by atoms with Crippen LogP contribution in [-0.4, -0.2) is 18.8 Å². The van der Waals surface area contributed by atoms with Crippen molar-refractivity contribution in [1.29, 1.82) is 0 Å². The van der Waals surface area contributed by atoms with Gasteiger partial charge in [0.2, 0.25) is 0 Å². The molecule has 15 heavy (non-hydrogen) atoms. The Morgan fingerprint density at radius 1 is 1.60 bits per heavy atom. The predicted octanol–water partition coefficient (Wildman–Crippen LogP) is 2.50. The molecule has 0 aliphatic heterocycles. The van der Waals surface area contributed by atoms with E-state index < -0.39 is 0 Å². The summed E-state index contributed by atoms with van der Waals surface area (Å²) in [5.41, 5.74) is 0. The molecule has 3 nitrogen and oxygen atoms in total. The van der Waals surface area contributed by atoms with E-state index in [1.165, 1.54) is 0 Å². The van der Waals surface area contributed by atoms with Crippen molar-refractivity contribution in [2.75, 3.05) is 6.61 Å². The first-order valence-corrected chi connectivity index (χ1v) is 5.70. The van der Waals surface area contributed by atoms with E-state index in [1.54, 1.807) is 6.26 Å². The highest BCUT2D eigenvalue weighted by molar-refractivity contribution is 5.04. The number of nitrogens with one attached hydrogen (secondary N) is 1. The molecule has 1 fully saturated rings. The van der Waals surface area contributed by atoms with Crippen LogP contribution in [0.1, 0.15) is 38.5 Å². The minimum absolute atomic E-state index is 0.299. The molecule has 1 N–H and O–H groups in total. The molecule has 84 valence electrons. The highest BCUT2D eigenvalue weighted by atomic mass is 16.5. The normalized spacial score (nSPS) is 27.3. The Morgan fingerprint density at radius 2 is 2.40 bits per heavy atom. The van der Waals surface area contributed by atoms with Gasteiger partial charge in [0.1, 0.15) is 5.76 Å². The zero-order valence-electron chi connectivity index (χ0n) is 9.40. The Labute approximate surface area is 90.8 Å². The summed E-state index contributed by atoms with van der Waals surface area (Å²) < 4.78 is 10.9. The Kier molecular flexibility index (Phi) is 3.44. The smallest absolute Gasteiger partial charge is 0.120 e. The average Bonchev–Trinajstić information content (AvgIpc) is 2.67. The van der Waals surface area contributed by atoms with E-state index >= 15 is 0 Å². The molecular formula is C12H19NO2. The molecule has 1 aliphatic carbocycles. The molecule has 0 unspecified atom stereocenters. The van der Waals surface area contributed by atoms with Crippen molar-refractivity contribution in [3.63, 3.8) is 0 Å². The molecule has 2 rings (SSSR count). The maximum absolute atomic E-state index is 5.52. The van der Waals surface area contributed by atoms with Gasteiger partial charge in [0.05, 0.1) is 18.4 Å². The Morgan fingerprint density at radius 3 is 3.00 bits per heavy atom. The number of rotatable bonds is 5. The third-order valence-electron chi connectivity index (χ3n) is 2.95. The van der Waals surface area contributed by atoms with Gasteiger partial charge in [-0.15, -0.1) is 0 Å². The number of furan rings is 1. The van der Waals surface area contributed by atoms with Gasteiger partial charge < -0.3 is 14.5 Å². The zero-order valence-corrected chi connectivity index (χ0v) is 9.40. The van der Waals surface area contributed by atoms with E-state index in [4.69, 9.17) is 9.15 Å². The minimum atomic E-state index is 0.299. The quantitative estimate of drug-likeness (QED) is 0.809. The number of hydrogen-bond acceptors (Lipinski definition) is 3. The average molecular weight is 209 g/mol. The second kappa shape index (κ2) is 4.81. The summed E-state index contributed by atoms with van der Waals surface area (Å²) in [6, 6.07) is 4.82. The molecule has 1 aromatic heterocycles. The van der Waals surface area contributed by atoms with Crippen LogP contribution in [0.4, 0.5) is 0 Å². The molecule has 1 aliphatic rings. The summed E-state index contributed by atoms with van der Waals surface area (Å²) >= 11 is 0. The van der Waals surface area contributed by atoms with Gasteiger partial charge in [0.25, 0.3) is 0 Å². The molecule has 1 heterocycles. The van der Waals surface area contributed by atoms with Crippen molar-refractivity contribution in [2.45, 2.75) is 44.9 Å². The van der Waals surface area contributed by atoms with E-state index in [0.29, 0.717) is 18.2 Å². The van der Waals surface area contributed by atoms with Gasteiger partial charge in [0.15, 0.2) is 0 Å². The first kappa shape index (κ1) is 10.7. The van der Waals surface area contributed by atoms with Crippen molar-refractivity contribution in [2.24, 2.45) is 0 Å². The van der Waals surface area contributed by atoms with E-state index in [-0.39, 0.29) is 0 Å². The predicted molar refractivity (Wildman–Crippen MR) is 58.7 cm³/mol. The third-order valence-corrected chi connectivity index (χ3v) is 2.95. The molecule has 0 bridgehead atoms. The van der Waals surface area contributed by atoms with Crippen molar-refractivity contribution < 1.29 is 9.15 Å². The van der Waals surface area contributed by atoms with Crippen molar-refractivity contribution >= 4 is 0 Å². The molecule has 0 aromatic carbocycles. The highest BCUT2D eigenvalue weighted by Crippen LogP contribution is 2.26. The Hall–Kier alpha value is -0.800. The zero-order chi connectivity index (χ0) is 10.7. The topological polar surface area (TPSA) is 34.4 Å². The molecule has 0 spiro atoms. The maximum Gasteiger partial charge on any atom is 0.120 e. The van der Waals surface area contributed by atoms with E-state index in [2.05, 4.69) is 12.2 Å². The fourth-order valence-electron chi connectivity index (χ4n) is 2.05. The summed E-state index contributed by atoms with van der Waals surface area (Å²) in [5, 5.41) is 3.53. The number of hydrogen-bond donors (Lipinski definition) is 1. The lowest BCUT2D eigenvalue weighted by Crippen LogP contribution is -2.46. The van der Waals surface area contributed by atoms with Crippen LogP contribution in [0.25, 0.3) is 0 Å². The van der Waals surface area contributed by atoms with Gasteiger partial charge in [-0.2, -0.15) is 0 Å². The van der Waals surface area contributed by atoms with E-state index in [1.807, 2.05) is 19.1 Å². The summed E-state index contributed by atoms with van der Waals surface area (Å²) in [6.45, 7) is 5.00. The van der Waals surface area contributed by atoms with Crippen LogP contribution in [0.3, 0.4) is 0 Å². The van der Waals surface area contributed by atoms with E-state index in [0.717, 1.165) is 25.2 Å². The summed E-state index contributed by atoms with van der Waals surface area (Å²) in [7, 11) is 0. The second-order valence-electron chi connectivity index (χ2n) is 4.15. The Bertz CT molecular complexity index is 278. The van der Waals surface area contributed by atoms with Crippen LogP contribution in [0, 0.1) is 0 Å². The van der Waals surface area contributed by atoms with Crippen LogP contribution >= 0.6 is 0 Å². The molecule has 1 aromatic rings. The van der Waals surface area contributed by atoms with Crippen LogP contribution < -0.4 is 5.32 Å². The van der Waals surface area contributed by atoms with Crippen molar-refractivity contribution in [1.82, 2.24) is 5.32 Å². The standard InChI is InChI=1S/C12H19NO2/c1-3-14-11-7-10(8-11)13-9(2)12-5-4-6-15-12/h4-6,9-11,13H,3,7-8H2,1-2H3/t9-,10?,11?/m0/s1.